The second-order valence-corrected chi connectivity index (χ2v) is 6.35. The third-order valence-corrected chi connectivity index (χ3v) is 4.38. The summed E-state index contributed by atoms with van der Waals surface area (Å²) < 4.78 is 18.3. The Balaban J connectivity index is 1.51. The number of benzene rings is 1. The van der Waals surface area contributed by atoms with Crippen molar-refractivity contribution in [1.29, 1.82) is 0 Å². The Morgan fingerprint density at radius 2 is 1.91 bits per heavy atom. The maximum atomic E-state index is 13.0. The highest BCUT2D eigenvalue weighted by atomic mass is 19.1. The number of aliphatic hydroxyl groups excluding tert-OH is 1. The number of hydrogen-bond donors (Lipinski definition) is 1. The molecule has 1 aliphatic carbocycles. The molecule has 4 nitrogen and oxygen atoms in total. The van der Waals surface area contributed by atoms with Crippen molar-refractivity contribution in [2.45, 2.75) is 31.5 Å². The molecular weight excluding hydrogens is 283 g/mol. The van der Waals surface area contributed by atoms with E-state index in [1.54, 1.807) is 0 Å². The van der Waals surface area contributed by atoms with Gasteiger partial charge in [0, 0.05) is 38.8 Å². The van der Waals surface area contributed by atoms with Crippen LogP contribution in [0, 0.1) is 5.82 Å². The molecule has 1 unspecified atom stereocenters. The second kappa shape index (κ2) is 7.51. The van der Waals surface area contributed by atoms with Crippen molar-refractivity contribution < 1.29 is 14.2 Å². The van der Waals surface area contributed by atoms with Crippen LogP contribution in [0.2, 0.25) is 0 Å². The molecule has 5 heteroatoms. The number of rotatable bonds is 7. The first-order valence-electron chi connectivity index (χ1n) is 8.17. The molecule has 1 aromatic rings. The summed E-state index contributed by atoms with van der Waals surface area (Å²) in [6.07, 6.45) is 2.05. The Morgan fingerprint density at radius 1 is 1.23 bits per heavy atom. The van der Waals surface area contributed by atoms with E-state index in [0.29, 0.717) is 19.1 Å². The minimum atomic E-state index is -0.348. The number of nitrogens with zero attached hydrogens (tertiary/aromatic N) is 2. The fraction of sp³-hybridized carbons (Fsp3) is 0.647. The lowest BCUT2D eigenvalue weighted by atomic mass is 10.2. The summed E-state index contributed by atoms with van der Waals surface area (Å²) in [5.41, 5.74) is 1.10. The largest absolute Gasteiger partial charge is 0.390 e. The molecule has 0 bridgehead atoms. The summed E-state index contributed by atoms with van der Waals surface area (Å²) in [5.74, 6) is -0.200. The minimum Gasteiger partial charge on any atom is -0.390 e. The van der Waals surface area contributed by atoms with Gasteiger partial charge < -0.3 is 9.84 Å². The maximum Gasteiger partial charge on any atom is 0.123 e. The second-order valence-electron chi connectivity index (χ2n) is 6.35. The molecule has 1 aliphatic heterocycles. The number of morpholine rings is 1. The van der Waals surface area contributed by atoms with Gasteiger partial charge in [-0.3, -0.25) is 9.80 Å². The predicted molar refractivity (Wildman–Crippen MR) is 83.1 cm³/mol. The highest BCUT2D eigenvalue weighted by Gasteiger charge is 2.30. The first-order chi connectivity index (χ1) is 10.7. The quantitative estimate of drug-likeness (QED) is 0.828. The van der Waals surface area contributed by atoms with Gasteiger partial charge in [0.05, 0.1) is 19.3 Å². The van der Waals surface area contributed by atoms with Crippen LogP contribution in [-0.4, -0.2) is 66.4 Å². The molecular formula is C17H25FN2O2. The van der Waals surface area contributed by atoms with Gasteiger partial charge in [0.15, 0.2) is 0 Å². The zero-order valence-electron chi connectivity index (χ0n) is 13.0. The summed E-state index contributed by atoms with van der Waals surface area (Å²) in [7, 11) is 0. The van der Waals surface area contributed by atoms with E-state index < -0.39 is 0 Å². The normalized spacial score (nSPS) is 21.2. The van der Waals surface area contributed by atoms with E-state index in [2.05, 4.69) is 9.80 Å². The maximum absolute atomic E-state index is 13.0. The van der Waals surface area contributed by atoms with E-state index in [9.17, 15) is 9.50 Å². The zero-order valence-corrected chi connectivity index (χ0v) is 13.0. The highest BCUT2D eigenvalue weighted by Crippen LogP contribution is 2.28. The van der Waals surface area contributed by atoms with E-state index >= 15 is 0 Å². The van der Waals surface area contributed by atoms with Gasteiger partial charge in [-0.05, 0) is 30.5 Å². The number of halogens is 1. The standard InChI is InChI=1S/C17H25FN2O2/c18-15-3-1-14(2-4-15)11-20(16-5-6-16)13-17(21)12-19-7-9-22-10-8-19/h1-4,16-17,21H,5-13H2. The van der Waals surface area contributed by atoms with Crippen molar-refractivity contribution in [3.63, 3.8) is 0 Å². The van der Waals surface area contributed by atoms with Crippen LogP contribution in [0.1, 0.15) is 18.4 Å². The number of hydrogen-bond acceptors (Lipinski definition) is 4. The van der Waals surface area contributed by atoms with E-state index in [4.69, 9.17) is 4.74 Å². The Kier molecular flexibility index (Phi) is 5.41. The lowest BCUT2D eigenvalue weighted by Crippen LogP contribution is -2.45. The fourth-order valence-electron chi connectivity index (χ4n) is 3.02. The summed E-state index contributed by atoms with van der Waals surface area (Å²) in [6, 6.07) is 7.25. The molecule has 2 fully saturated rings. The van der Waals surface area contributed by atoms with E-state index in [1.165, 1.54) is 25.0 Å². The van der Waals surface area contributed by atoms with Crippen molar-refractivity contribution in [2.24, 2.45) is 0 Å². The topological polar surface area (TPSA) is 35.9 Å². The van der Waals surface area contributed by atoms with Gasteiger partial charge in [0.1, 0.15) is 5.82 Å². The summed E-state index contributed by atoms with van der Waals surface area (Å²) in [5, 5.41) is 10.4. The summed E-state index contributed by atoms with van der Waals surface area (Å²) in [4.78, 5) is 4.59. The van der Waals surface area contributed by atoms with Gasteiger partial charge in [-0.25, -0.2) is 4.39 Å². The van der Waals surface area contributed by atoms with Crippen LogP contribution >= 0.6 is 0 Å². The average Bonchev–Trinajstić information content (AvgIpc) is 3.34. The molecule has 0 amide bonds. The van der Waals surface area contributed by atoms with Crippen molar-refractivity contribution in [2.75, 3.05) is 39.4 Å². The molecule has 1 N–H and O–H groups in total. The van der Waals surface area contributed by atoms with E-state index in [0.717, 1.165) is 38.4 Å². The molecule has 1 aromatic carbocycles. The van der Waals surface area contributed by atoms with Crippen molar-refractivity contribution in [3.8, 4) is 0 Å². The molecule has 0 radical (unpaired) electrons. The summed E-state index contributed by atoms with van der Waals surface area (Å²) >= 11 is 0. The van der Waals surface area contributed by atoms with Gasteiger partial charge in [-0.15, -0.1) is 0 Å². The molecule has 1 saturated heterocycles. The van der Waals surface area contributed by atoms with Crippen LogP contribution in [0.5, 0.6) is 0 Å². The molecule has 122 valence electrons. The third kappa shape index (κ3) is 4.74. The SMILES string of the molecule is OC(CN1CCOCC1)CN(Cc1ccc(F)cc1)C1CC1. The lowest BCUT2D eigenvalue weighted by Gasteiger charge is -2.31. The van der Waals surface area contributed by atoms with Crippen molar-refractivity contribution in [3.05, 3.63) is 35.6 Å². The van der Waals surface area contributed by atoms with Crippen LogP contribution in [0.15, 0.2) is 24.3 Å². The van der Waals surface area contributed by atoms with Gasteiger partial charge >= 0.3 is 0 Å². The molecule has 2 aliphatic rings. The van der Waals surface area contributed by atoms with Crippen molar-refractivity contribution >= 4 is 0 Å². The lowest BCUT2D eigenvalue weighted by molar-refractivity contribution is 0.00551. The van der Waals surface area contributed by atoms with Gasteiger partial charge in [0.25, 0.3) is 0 Å². The van der Waals surface area contributed by atoms with Gasteiger partial charge in [0.2, 0.25) is 0 Å². The van der Waals surface area contributed by atoms with Crippen LogP contribution < -0.4 is 0 Å². The number of aliphatic hydroxyl groups is 1. The van der Waals surface area contributed by atoms with Gasteiger partial charge in [-0.2, -0.15) is 0 Å². The smallest absolute Gasteiger partial charge is 0.123 e. The molecule has 1 saturated carbocycles. The first-order valence-corrected chi connectivity index (χ1v) is 8.17. The first kappa shape index (κ1) is 15.9. The number of ether oxygens (including phenoxy) is 1. The van der Waals surface area contributed by atoms with Crippen LogP contribution in [-0.2, 0) is 11.3 Å². The molecule has 1 heterocycles. The predicted octanol–water partition coefficient (Wildman–Crippen LogP) is 1.48. The Bertz CT molecular complexity index is 458. The minimum absolute atomic E-state index is 0.200. The third-order valence-electron chi connectivity index (χ3n) is 4.38. The van der Waals surface area contributed by atoms with Crippen molar-refractivity contribution in [1.82, 2.24) is 9.80 Å². The Labute approximate surface area is 131 Å². The Hall–Kier alpha value is -1.01. The van der Waals surface area contributed by atoms with Gasteiger partial charge in [-0.1, -0.05) is 12.1 Å². The summed E-state index contributed by atoms with van der Waals surface area (Å²) in [6.45, 7) is 5.49. The zero-order chi connectivity index (χ0) is 15.4. The van der Waals surface area contributed by atoms with E-state index in [1.807, 2.05) is 12.1 Å². The molecule has 1 atom stereocenters. The molecule has 3 rings (SSSR count). The molecule has 0 aromatic heterocycles. The van der Waals surface area contributed by atoms with Crippen LogP contribution in [0.3, 0.4) is 0 Å². The highest BCUT2D eigenvalue weighted by molar-refractivity contribution is 5.16. The molecule has 0 spiro atoms. The molecule has 22 heavy (non-hydrogen) atoms. The van der Waals surface area contributed by atoms with E-state index in [-0.39, 0.29) is 11.9 Å². The van der Waals surface area contributed by atoms with Crippen LogP contribution in [0.25, 0.3) is 0 Å². The number of β-amino-alcohol motifs (C(OH)–C–C–N with tert-alkyl or cyclic N) is 1. The monoisotopic (exact) mass is 308 g/mol. The Morgan fingerprint density at radius 3 is 2.55 bits per heavy atom. The fourth-order valence-corrected chi connectivity index (χ4v) is 3.02. The van der Waals surface area contributed by atoms with Crippen LogP contribution in [0.4, 0.5) is 4.39 Å². The average molecular weight is 308 g/mol.